The lowest BCUT2D eigenvalue weighted by Crippen LogP contribution is -2.47. The highest BCUT2D eigenvalue weighted by Crippen LogP contribution is 2.25. The minimum atomic E-state index is 0.813. The second-order valence-electron chi connectivity index (χ2n) is 5.21. The fourth-order valence-corrected chi connectivity index (χ4v) is 2.62. The fraction of sp³-hybridized carbons (Fsp3) is 0.667. The zero-order chi connectivity index (χ0) is 14.2. The molecule has 1 fully saturated rings. The van der Waals surface area contributed by atoms with Gasteiger partial charge < -0.3 is 15.4 Å². The fourth-order valence-electron chi connectivity index (χ4n) is 2.62. The molecule has 0 spiro atoms. The number of unbranched alkanes of at least 4 members (excludes halogenated alkanes) is 2. The lowest BCUT2D eigenvalue weighted by molar-refractivity contribution is 0.251. The number of piperazine rings is 1. The van der Waals surface area contributed by atoms with Crippen molar-refractivity contribution in [2.24, 2.45) is 5.73 Å². The molecule has 2 N–H and O–H groups in total. The van der Waals surface area contributed by atoms with E-state index in [1.165, 1.54) is 19.4 Å². The van der Waals surface area contributed by atoms with Gasteiger partial charge in [-0.1, -0.05) is 6.42 Å². The predicted molar refractivity (Wildman–Crippen MR) is 82.3 cm³/mol. The molecule has 1 saturated heterocycles. The molecule has 0 saturated carbocycles. The highest BCUT2D eigenvalue weighted by molar-refractivity contribution is 5.52. The Balaban J connectivity index is 1.79. The van der Waals surface area contributed by atoms with Gasteiger partial charge in [-0.3, -0.25) is 4.90 Å². The largest absolute Gasteiger partial charge is 0.493 e. The van der Waals surface area contributed by atoms with E-state index in [1.807, 2.05) is 18.3 Å². The van der Waals surface area contributed by atoms with Crippen LogP contribution in [0, 0.1) is 0 Å². The summed E-state index contributed by atoms with van der Waals surface area (Å²) < 4.78 is 5.39. The summed E-state index contributed by atoms with van der Waals surface area (Å²) in [5, 5.41) is 0. The molecule has 0 aliphatic carbocycles. The van der Waals surface area contributed by atoms with Crippen LogP contribution in [-0.2, 0) is 0 Å². The normalized spacial score (nSPS) is 16.4. The van der Waals surface area contributed by atoms with Gasteiger partial charge in [0.05, 0.1) is 7.11 Å². The van der Waals surface area contributed by atoms with E-state index in [-0.39, 0.29) is 0 Å². The Morgan fingerprint density at radius 1 is 1.20 bits per heavy atom. The maximum Gasteiger partial charge on any atom is 0.171 e. The Labute approximate surface area is 121 Å². The van der Waals surface area contributed by atoms with Crippen LogP contribution in [0.2, 0.25) is 0 Å². The number of methoxy groups -OCH3 is 1. The summed E-state index contributed by atoms with van der Waals surface area (Å²) in [5.41, 5.74) is 5.52. The molecule has 0 bridgehead atoms. The van der Waals surface area contributed by atoms with Gasteiger partial charge in [-0.15, -0.1) is 0 Å². The molecule has 0 aromatic carbocycles. The molecule has 2 heterocycles. The van der Waals surface area contributed by atoms with E-state index in [4.69, 9.17) is 10.5 Å². The van der Waals surface area contributed by atoms with Gasteiger partial charge >= 0.3 is 0 Å². The average molecular weight is 278 g/mol. The summed E-state index contributed by atoms with van der Waals surface area (Å²) in [6.07, 6.45) is 5.47. The number of pyridine rings is 1. The van der Waals surface area contributed by atoms with Crippen LogP contribution >= 0.6 is 0 Å². The predicted octanol–water partition coefficient (Wildman–Crippen LogP) is 1.34. The van der Waals surface area contributed by atoms with Crippen LogP contribution in [0.1, 0.15) is 19.3 Å². The van der Waals surface area contributed by atoms with Gasteiger partial charge in [0.2, 0.25) is 0 Å². The minimum absolute atomic E-state index is 0.813. The molecule has 1 aliphatic heterocycles. The topological polar surface area (TPSA) is 54.6 Å². The minimum Gasteiger partial charge on any atom is -0.493 e. The molecule has 1 aromatic heterocycles. The van der Waals surface area contributed by atoms with Crippen LogP contribution in [0.4, 0.5) is 5.82 Å². The van der Waals surface area contributed by atoms with Gasteiger partial charge in [0, 0.05) is 32.4 Å². The van der Waals surface area contributed by atoms with Crippen molar-refractivity contribution in [2.75, 3.05) is 51.3 Å². The van der Waals surface area contributed by atoms with Crippen molar-refractivity contribution in [2.45, 2.75) is 19.3 Å². The molecule has 1 aromatic rings. The molecule has 20 heavy (non-hydrogen) atoms. The zero-order valence-electron chi connectivity index (χ0n) is 12.4. The van der Waals surface area contributed by atoms with Crippen LogP contribution in [0.15, 0.2) is 18.3 Å². The van der Waals surface area contributed by atoms with Crippen LogP contribution in [0.25, 0.3) is 0 Å². The molecule has 0 amide bonds. The van der Waals surface area contributed by atoms with Crippen molar-refractivity contribution in [3.63, 3.8) is 0 Å². The number of ether oxygens (including phenoxy) is 1. The molecule has 5 nitrogen and oxygen atoms in total. The molecule has 5 heteroatoms. The van der Waals surface area contributed by atoms with Gasteiger partial charge in [0.1, 0.15) is 0 Å². The number of nitrogens with two attached hydrogens (primary N) is 1. The quantitative estimate of drug-likeness (QED) is 0.763. The number of aromatic nitrogens is 1. The van der Waals surface area contributed by atoms with Gasteiger partial charge in [-0.05, 0) is 38.1 Å². The van der Waals surface area contributed by atoms with E-state index in [1.54, 1.807) is 7.11 Å². The Hall–Kier alpha value is -1.33. The van der Waals surface area contributed by atoms with Crippen molar-refractivity contribution in [1.29, 1.82) is 0 Å². The van der Waals surface area contributed by atoms with Crippen LogP contribution < -0.4 is 15.4 Å². The number of hydrogen-bond donors (Lipinski definition) is 1. The van der Waals surface area contributed by atoms with Gasteiger partial charge in [-0.2, -0.15) is 0 Å². The first-order chi connectivity index (χ1) is 9.85. The maximum absolute atomic E-state index is 5.52. The Kier molecular flexibility index (Phi) is 6.08. The summed E-state index contributed by atoms with van der Waals surface area (Å²) in [6, 6.07) is 3.89. The number of nitrogens with zero attached hydrogens (tertiary/aromatic N) is 3. The third-order valence-electron chi connectivity index (χ3n) is 3.82. The van der Waals surface area contributed by atoms with Gasteiger partial charge in [0.15, 0.2) is 11.6 Å². The highest BCUT2D eigenvalue weighted by Gasteiger charge is 2.19. The molecule has 1 aliphatic rings. The van der Waals surface area contributed by atoms with Crippen molar-refractivity contribution in [3.05, 3.63) is 18.3 Å². The molecule has 112 valence electrons. The van der Waals surface area contributed by atoms with Crippen molar-refractivity contribution in [3.8, 4) is 5.75 Å². The summed E-state index contributed by atoms with van der Waals surface area (Å²) in [7, 11) is 1.70. The molecule has 0 radical (unpaired) electrons. The second-order valence-corrected chi connectivity index (χ2v) is 5.21. The van der Waals surface area contributed by atoms with Crippen LogP contribution in [0.5, 0.6) is 5.75 Å². The number of rotatable bonds is 7. The molecular weight excluding hydrogens is 252 g/mol. The Bertz CT molecular complexity index is 391. The van der Waals surface area contributed by atoms with Crippen molar-refractivity contribution in [1.82, 2.24) is 9.88 Å². The van der Waals surface area contributed by atoms with E-state index < -0.39 is 0 Å². The van der Waals surface area contributed by atoms with E-state index in [0.717, 1.165) is 50.7 Å². The first kappa shape index (κ1) is 15.1. The Morgan fingerprint density at radius 3 is 2.70 bits per heavy atom. The van der Waals surface area contributed by atoms with Crippen LogP contribution in [-0.4, -0.2) is 56.3 Å². The standard InChI is InChI=1S/C15H26N4O/c1-20-14-6-5-8-17-15(14)19-12-10-18(11-13-19)9-4-2-3-7-16/h5-6,8H,2-4,7,9-13,16H2,1H3. The van der Waals surface area contributed by atoms with Gasteiger partial charge in [-0.25, -0.2) is 4.98 Å². The smallest absolute Gasteiger partial charge is 0.171 e. The van der Waals surface area contributed by atoms with Crippen molar-refractivity contribution >= 4 is 5.82 Å². The van der Waals surface area contributed by atoms with Gasteiger partial charge in [0.25, 0.3) is 0 Å². The SMILES string of the molecule is COc1cccnc1N1CCN(CCCCCN)CC1. The number of anilines is 1. The zero-order valence-corrected chi connectivity index (χ0v) is 12.4. The molecular formula is C15H26N4O. The highest BCUT2D eigenvalue weighted by atomic mass is 16.5. The van der Waals surface area contributed by atoms with Crippen LogP contribution in [0.3, 0.4) is 0 Å². The first-order valence-electron chi connectivity index (χ1n) is 7.51. The van der Waals surface area contributed by atoms with E-state index in [2.05, 4.69) is 14.8 Å². The summed E-state index contributed by atoms with van der Waals surface area (Å²) >= 11 is 0. The summed E-state index contributed by atoms with van der Waals surface area (Å²) in [5.74, 6) is 1.83. The number of hydrogen-bond acceptors (Lipinski definition) is 5. The molecule has 2 rings (SSSR count). The second kappa shape index (κ2) is 8.07. The average Bonchev–Trinajstić information content (AvgIpc) is 2.52. The third kappa shape index (κ3) is 4.08. The lowest BCUT2D eigenvalue weighted by Gasteiger charge is -2.35. The van der Waals surface area contributed by atoms with E-state index in [0.29, 0.717) is 0 Å². The summed E-state index contributed by atoms with van der Waals surface area (Å²) in [6.45, 7) is 6.24. The monoisotopic (exact) mass is 278 g/mol. The van der Waals surface area contributed by atoms with E-state index >= 15 is 0 Å². The van der Waals surface area contributed by atoms with Crippen molar-refractivity contribution < 1.29 is 4.74 Å². The van der Waals surface area contributed by atoms with E-state index in [9.17, 15) is 0 Å². The maximum atomic E-state index is 5.52. The molecule has 0 unspecified atom stereocenters. The Morgan fingerprint density at radius 2 is 2.00 bits per heavy atom. The summed E-state index contributed by atoms with van der Waals surface area (Å²) in [4.78, 5) is 9.30. The lowest BCUT2D eigenvalue weighted by atomic mass is 10.2. The first-order valence-corrected chi connectivity index (χ1v) is 7.51. The molecule has 0 atom stereocenters. The third-order valence-corrected chi connectivity index (χ3v) is 3.82.